The molecule has 20 heavy (non-hydrogen) atoms. The third-order valence-electron chi connectivity index (χ3n) is 5.29. The number of hydrogen-bond acceptors (Lipinski definition) is 4. The van der Waals surface area contributed by atoms with Crippen LogP contribution >= 0.6 is 0 Å². The van der Waals surface area contributed by atoms with E-state index in [9.17, 15) is 9.59 Å². The van der Waals surface area contributed by atoms with Gasteiger partial charge < -0.3 is 14.4 Å². The summed E-state index contributed by atoms with van der Waals surface area (Å²) in [4.78, 5) is 25.9. The predicted octanol–water partition coefficient (Wildman–Crippen LogP) is 1.21. The third-order valence-corrected chi connectivity index (χ3v) is 5.29. The number of hydrogen-bond donors (Lipinski definition) is 0. The molecule has 5 nitrogen and oxygen atoms in total. The zero-order valence-corrected chi connectivity index (χ0v) is 12.3. The highest BCUT2D eigenvalue weighted by Gasteiger charge is 2.59. The fourth-order valence-electron chi connectivity index (χ4n) is 3.62. The smallest absolute Gasteiger partial charge is 0.309 e. The largest absolute Gasteiger partial charge is 0.469 e. The summed E-state index contributed by atoms with van der Waals surface area (Å²) in [6.45, 7) is 1.50. The lowest BCUT2D eigenvalue weighted by Crippen LogP contribution is -2.46. The molecule has 1 saturated heterocycles. The van der Waals surface area contributed by atoms with E-state index in [1.54, 1.807) is 7.11 Å². The Bertz CT molecular complexity index is 410. The van der Waals surface area contributed by atoms with Crippen LogP contribution in [0.4, 0.5) is 0 Å². The highest BCUT2D eigenvalue weighted by atomic mass is 16.5. The van der Waals surface area contributed by atoms with E-state index in [2.05, 4.69) is 0 Å². The maximum atomic E-state index is 12.4. The number of nitrogens with zero attached hydrogens (tertiary/aromatic N) is 1. The zero-order chi connectivity index (χ0) is 14.3. The summed E-state index contributed by atoms with van der Waals surface area (Å²) in [5, 5.41) is 0. The molecular formula is C15H23NO4. The molecule has 2 saturated carbocycles. The van der Waals surface area contributed by atoms with E-state index in [4.69, 9.17) is 9.47 Å². The normalized spacial score (nSPS) is 29.1. The van der Waals surface area contributed by atoms with Crippen molar-refractivity contribution in [3.8, 4) is 0 Å². The zero-order valence-electron chi connectivity index (χ0n) is 12.3. The number of esters is 1. The Balaban J connectivity index is 1.54. The molecule has 5 heteroatoms. The van der Waals surface area contributed by atoms with E-state index in [1.807, 2.05) is 4.90 Å². The molecule has 1 aliphatic heterocycles. The van der Waals surface area contributed by atoms with Crippen LogP contribution in [0.2, 0.25) is 0 Å². The van der Waals surface area contributed by atoms with Gasteiger partial charge in [0.15, 0.2) is 0 Å². The molecule has 3 fully saturated rings. The molecule has 0 N–H and O–H groups in total. The molecule has 0 radical (unpaired) electrons. The van der Waals surface area contributed by atoms with Crippen molar-refractivity contribution in [3.05, 3.63) is 0 Å². The Kier molecular flexibility index (Phi) is 3.48. The second-order valence-corrected chi connectivity index (χ2v) is 6.46. The summed E-state index contributed by atoms with van der Waals surface area (Å²) in [6.07, 6.45) is 4.72. The fourth-order valence-corrected chi connectivity index (χ4v) is 3.62. The first-order valence-electron chi connectivity index (χ1n) is 7.51. The van der Waals surface area contributed by atoms with E-state index in [-0.39, 0.29) is 29.3 Å². The van der Waals surface area contributed by atoms with Gasteiger partial charge in [0.25, 0.3) is 5.91 Å². The molecule has 3 aliphatic rings. The molecule has 2 aliphatic carbocycles. The van der Waals surface area contributed by atoms with Gasteiger partial charge in [0.1, 0.15) is 6.10 Å². The van der Waals surface area contributed by atoms with Gasteiger partial charge in [0.05, 0.1) is 13.0 Å². The number of amides is 1. The van der Waals surface area contributed by atoms with Crippen LogP contribution in [0, 0.1) is 17.3 Å². The number of rotatable bonds is 4. The molecule has 0 aromatic carbocycles. The summed E-state index contributed by atoms with van der Waals surface area (Å²) >= 11 is 0. The second-order valence-electron chi connectivity index (χ2n) is 6.46. The van der Waals surface area contributed by atoms with Crippen LogP contribution in [-0.2, 0) is 19.1 Å². The molecule has 1 heterocycles. The number of ether oxygens (including phenoxy) is 2. The summed E-state index contributed by atoms with van der Waals surface area (Å²) in [5.41, 5.74) is 0.117. The minimum Gasteiger partial charge on any atom is -0.469 e. The average Bonchev–Trinajstić information content (AvgIpc) is 3.37. The number of likely N-dealkylation sites (tertiary alicyclic amines) is 1. The molecule has 0 aromatic rings. The summed E-state index contributed by atoms with van der Waals surface area (Å²) in [5.74, 6) is 0.538. The van der Waals surface area contributed by atoms with Crippen molar-refractivity contribution in [2.45, 2.75) is 38.2 Å². The van der Waals surface area contributed by atoms with Crippen LogP contribution in [0.3, 0.4) is 0 Å². The number of carbonyl (C=O) groups excluding carboxylic acids is 2. The molecular weight excluding hydrogens is 258 g/mol. The highest BCUT2D eigenvalue weighted by Crippen LogP contribution is 2.59. The maximum absolute atomic E-state index is 12.4. The standard InChI is InChI=1S/C15H23NO4/c1-19-12(10-3-4-10)13(17)16-7-5-15(6-8-16)9-11(15)14(18)20-2/h10-12H,3-9H2,1-2H3/t11-,12+/m1/s1. The molecule has 0 unspecified atom stereocenters. The number of carbonyl (C=O) groups is 2. The lowest BCUT2D eigenvalue weighted by atomic mass is 9.90. The molecule has 0 bridgehead atoms. The average molecular weight is 281 g/mol. The quantitative estimate of drug-likeness (QED) is 0.727. The van der Waals surface area contributed by atoms with E-state index in [0.717, 1.165) is 45.2 Å². The minimum absolute atomic E-state index is 0.0615. The van der Waals surface area contributed by atoms with Crippen molar-refractivity contribution < 1.29 is 19.1 Å². The lowest BCUT2D eigenvalue weighted by molar-refractivity contribution is -0.145. The van der Waals surface area contributed by atoms with Gasteiger partial charge >= 0.3 is 5.97 Å². The van der Waals surface area contributed by atoms with Crippen LogP contribution in [0.25, 0.3) is 0 Å². The van der Waals surface area contributed by atoms with Gasteiger partial charge in [0, 0.05) is 20.2 Å². The van der Waals surface area contributed by atoms with Gasteiger partial charge in [-0.05, 0) is 43.4 Å². The van der Waals surface area contributed by atoms with Crippen molar-refractivity contribution in [2.75, 3.05) is 27.3 Å². The number of methoxy groups -OCH3 is 2. The fraction of sp³-hybridized carbons (Fsp3) is 0.867. The first-order valence-corrected chi connectivity index (χ1v) is 7.51. The maximum Gasteiger partial charge on any atom is 0.309 e. The first kappa shape index (κ1) is 13.9. The summed E-state index contributed by atoms with van der Waals surface area (Å²) in [7, 11) is 3.08. The Morgan fingerprint density at radius 3 is 2.35 bits per heavy atom. The second kappa shape index (κ2) is 5.02. The highest BCUT2D eigenvalue weighted by molar-refractivity contribution is 5.82. The Labute approximate surface area is 119 Å². The van der Waals surface area contributed by atoms with Gasteiger partial charge in [-0.1, -0.05) is 0 Å². The van der Waals surface area contributed by atoms with E-state index in [1.165, 1.54) is 7.11 Å². The molecule has 1 amide bonds. The van der Waals surface area contributed by atoms with Gasteiger partial charge in [-0.3, -0.25) is 9.59 Å². The van der Waals surface area contributed by atoms with Crippen molar-refractivity contribution in [1.82, 2.24) is 4.90 Å². The SMILES string of the molecule is COC(=O)[C@H]1CC12CCN(C(=O)[C@@H](OC)C1CC1)CC2. The lowest BCUT2D eigenvalue weighted by Gasteiger charge is -2.34. The molecule has 1 spiro atoms. The van der Waals surface area contributed by atoms with Crippen molar-refractivity contribution >= 4 is 11.9 Å². The van der Waals surface area contributed by atoms with Crippen LogP contribution < -0.4 is 0 Å². The van der Waals surface area contributed by atoms with Crippen molar-refractivity contribution in [1.29, 1.82) is 0 Å². The summed E-state index contributed by atoms with van der Waals surface area (Å²) in [6, 6.07) is 0. The topological polar surface area (TPSA) is 55.8 Å². The van der Waals surface area contributed by atoms with Crippen LogP contribution in [0.5, 0.6) is 0 Å². The van der Waals surface area contributed by atoms with Crippen molar-refractivity contribution in [3.63, 3.8) is 0 Å². The van der Waals surface area contributed by atoms with Crippen LogP contribution in [0.1, 0.15) is 32.1 Å². The minimum atomic E-state index is -0.250. The summed E-state index contributed by atoms with van der Waals surface area (Å²) < 4.78 is 10.2. The van der Waals surface area contributed by atoms with E-state index >= 15 is 0 Å². The third kappa shape index (κ3) is 2.32. The van der Waals surface area contributed by atoms with Crippen LogP contribution in [-0.4, -0.2) is 50.2 Å². The number of piperidine rings is 1. The van der Waals surface area contributed by atoms with E-state index in [0.29, 0.717) is 5.92 Å². The van der Waals surface area contributed by atoms with Gasteiger partial charge in [0.2, 0.25) is 0 Å². The Morgan fingerprint density at radius 2 is 1.85 bits per heavy atom. The van der Waals surface area contributed by atoms with E-state index < -0.39 is 0 Å². The molecule has 2 atom stereocenters. The van der Waals surface area contributed by atoms with Gasteiger partial charge in [-0.25, -0.2) is 0 Å². The predicted molar refractivity (Wildman–Crippen MR) is 71.9 cm³/mol. The monoisotopic (exact) mass is 281 g/mol. The Hall–Kier alpha value is -1.10. The van der Waals surface area contributed by atoms with Crippen molar-refractivity contribution in [2.24, 2.45) is 17.3 Å². The molecule has 112 valence electrons. The first-order chi connectivity index (χ1) is 9.61. The molecule has 3 rings (SSSR count). The van der Waals surface area contributed by atoms with Crippen LogP contribution in [0.15, 0.2) is 0 Å². The Morgan fingerprint density at radius 1 is 1.20 bits per heavy atom. The van der Waals surface area contributed by atoms with Gasteiger partial charge in [-0.15, -0.1) is 0 Å². The van der Waals surface area contributed by atoms with Gasteiger partial charge in [-0.2, -0.15) is 0 Å². The molecule has 0 aromatic heterocycles.